The van der Waals surface area contributed by atoms with Crippen molar-refractivity contribution in [2.75, 3.05) is 0 Å². The van der Waals surface area contributed by atoms with Gasteiger partial charge in [0.05, 0.1) is 0 Å². The molecular weight excluding hydrogens is 212 g/mol. The van der Waals surface area contributed by atoms with Crippen LogP contribution in [-0.2, 0) is 6.54 Å². The molecule has 2 aromatic rings. The van der Waals surface area contributed by atoms with Gasteiger partial charge in [-0.1, -0.05) is 18.5 Å². The highest BCUT2D eigenvalue weighted by atomic mass is 35.5. The summed E-state index contributed by atoms with van der Waals surface area (Å²) in [4.78, 5) is 4.25. The summed E-state index contributed by atoms with van der Waals surface area (Å²) in [6.45, 7) is 3.05. The first-order valence-electron chi connectivity index (χ1n) is 4.82. The maximum atomic E-state index is 5.67. The molecule has 78 valence electrons. The van der Waals surface area contributed by atoms with Crippen LogP contribution >= 0.6 is 11.6 Å². The molecule has 2 aromatic heterocycles. The van der Waals surface area contributed by atoms with E-state index in [0.717, 1.165) is 24.5 Å². The van der Waals surface area contributed by atoms with Gasteiger partial charge < -0.3 is 4.57 Å². The minimum absolute atomic E-state index is 0.396. The third kappa shape index (κ3) is 2.15. The van der Waals surface area contributed by atoms with Gasteiger partial charge in [0.1, 0.15) is 5.69 Å². The molecular formula is C10H11ClN4. The van der Waals surface area contributed by atoms with Gasteiger partial charge in [-0.3, -0.25) is 0 Å². The molecule has 4 nitrogen and oxygen atoms in total. The summed E-state index contributed by atoms with van der Waals surface area (Å²) in [6.07, 6.45) is 4.76. The van der Waals surface area contributed by atoms with Crippen LogP contribution in [0.3, 0.4) is 0 Å². The van der Waals surface area contributed by atoms with Crippen molar-refractivity contribution >= 4 is 11.6 Å². The van der Waals surface area contributed by atoms with Crippen molar-refractivity contribution in [3.05, 3.63) is 29.7 Å². The highest BCUT2D eigenvalue weighted by Gasteiger charge is 2.06. The number of aryl methyl sites for hydroxylation is 1. The summed E-state index contributed by atoms with van der Waals surface area (Å²) in [6, 6.07) is 3.54. The predicted molar refractivity (Wildman–Crippen MR) is 58.6 cm³/mol. The monoisotopic (exact) mass is 222 g/mol. The van der Waals surface area contributed by atoms with E-state index < -0.39 is 0 Å². The van der Waals surface area contributed by atoms with Crippen LogP contribution < -0.4 is 0 Å². The third-order valence-corrected chi connectivity index (χ3v) is 2.24. The number of hydrogen-bond donors (Lipinski definition) is 0. The maximum Gasteiger partial charge on any atom is 0.160 e. The zero-order chi connectivity index (χ0) is 10.7. The van der Waals surface area contributed by atoms with Gasteiger partial charge in [0.2, 0.25) is 0 Å². The molecule has 0 saturated heterocycles. The largest absolute Gasteiger partial charge is 0.330 e. The van der Waals surface area contributed by atoms with E-state index in [9.17, 15) is 0 Å². The molecule has 0 amide bonds. The van der Waals surface area contributed by atoms with Crippen LogP contribution in [0.25, 0.3) is 11.5 Å². The van der Waals surface area contributed by atoms with Crippen molar-refractivity contribution in [1.82, 2.24) is 19.7 Å². The number of hydrogen-bond acceptors (Lipinski definition) is 3. The van der Waals surface area contributed by atoms with E-state index >= 15 is 0 Å². The lowest BCUT2D eigenvalue weighted by atomic mass is 10.3. The second-order valence-corrected chi connectivity index (χ2v) is 3.57. The summed E-state index contributed by atoms with van der Waals surface area (Å²) in [5.41, 5.74) is 0.748. The first kappa shape index (κ1) is 10.1. The first-order valence-corrected chi connectivity index (χ1v) is 5.20. The lowest BCUT2D eigenvalue weighted by molar-refractivity contribution is 0.683. The van der Waals surface area contributed by atoms with E-state index in [-0.39, 0.29) is 0 Å². The van der Waals surface area contributed by atoms with Gasteiger partial charge in [0.25, 0.3) is 0 Å². The smallest absolute Gasteiger partial charge is 0.160 e. The zero-order valence-electron chi connectivity index (χ0n) is 8.39. The molecule has 5 heteroatoms. The molecule has 0 fully saturated rings. The lowest BCUT2D eigenvalue weighted by Gasteiger charge is -2.04. The molecule has 0 saturated carbocycles. The molecule has 0 atom stereocenters. The SMILES string of the molecule is CCCn1ccnc1-c1ccc(Cl)nn1. The number of halogens is 1. The molecule has 0 aliphatic heterocycles. The summed E-state index contributed by atoms with van der Waals surface area (Å²) >= 11 is 5.67. The van der Waals surface area contributed by atoms with Crippen molar-refractivity contribution in [2.24, 2.45) is 0 Å². The minimum Gasteiger partial charge on any atom is -0.330 e. The summed E-state index contributed by atoms with van der Waals surface area (Å²) in [5.74, 6) is 0.834. The molecule has 0 spiro atoms. The Labute approximate surface area is 92.9 Å². The highest BCUT2D eigenvalue weighted by Crippen LogP contribution is 2.15. The summed E-state index contributed by atoms with van der Waals surface area (Å²) in [5, 5.41) is 8.19. The van der Waals surface area contributed by atoms with Gasteiger partial charge in [-0.25, -0.2) is 4.98 Å². The first-order chi connectivity index (χ1) is 7.31. The van der Waals surface area contributed by atoms with Crippen LogP contribution in [0.5, 0.6) is 0 Å². The van der Waals surface area contributed by atoms with E-state index in [4.69, 9.17) is 11.6 Å². The van der Waals surface area contributed by atoms with E-state index in [0.29, 0.717) is 5.15 Å². The molecule has 2 rings (SSSR count). The average molecular weight is 223 g/mol. The van der Waals surface area contributed by atoms with Crippen LogP contribution in [0, 0.1) is 0 Å². The lowest BCUT2D eigenvalue weighted by Crippen LogP contribution is -2.00. The second kappa shape index (κ2) is 4.40. The zero-order valence-corrected chi connectivity index (χ0v) is 9.15. The Kier molecular flexibility index (Phi) is 2.97. The van der Waals surface area contributed by atoms with Crippen LogP contribution in [0.15, 0.2) is 24.5 Å². The van der Waals surface area contributed by atoms with Crippen molar-refractivity contribution in [3.63, 3.8) is 0 Å². The molecule has 0 unspecified atom stereocenters. The van der Waals surface area contributed by atoms with Gasteiger partial charge >= 0.3 is 0 Å². The molecule has 0 aromatic carbocycles. The molecule has 0 bridgehead atoms. The fourth-order valence-corrected chi connectivity index (χ4v) is 1.50. The van der Waals surface area contributed by atoms with E-state index in [1.165, 1.54) is 0 Å². The topological polar surface area (TPSA) is 43.6 Å². The van der Waals surface area contributed by atoms with Crippen molar-refractivity contribution in [2.45, 2.75) is 19.9 Å². The Morgan fingerprint density at radius 3 is 2.87 bits per heavy atom. The van der Waals surface area contributed by atoms with Gasteiger partial charge in [0, 0.05) is 18.9 Å². The van der Waals surface area contributed by atoms with Crippen LogP contribution in [0.4, 0.5) is 0 Å². The van der Waals surface area contributed by atoms with Gasteiger partial charge in [-0.15, -0.1) is 10.2 Å². The van der Waals surface area contributed by atoms with Gasteiger partial charge in [-0.05, 0) is 18.6 Å². The van der Waals surface area contributed by atoms with Crippen LogP contribution in [0.2, 0.25) is 5.15 Å². The Balaban J connectivity index is 2.36. The summed E-state index contributed by atoms with van der Waals surface area (Å²) < 4.78 is 2.05. The molecule has 0 aliphatic rings. The van der Waals surface area contributed by atoms with Crippen molar-refractivity contribution in [1.29, 1.82) is 0 Å². The van der Waals surface area contributed by atoms with E-state index in [2.05, 4.69) is 26.7 Å². The van der Waals surface area contributed by atoms with Crippen LogP contribution in [-0.4, -0.2) is 19.7 Å². The summed E-state index contributed by atoms with van der Waals surface area (Å²) in [7, 11) is 0. The highest BCUT2D eigenvalue weighted by molar-refractivity contribution is 6.29. The van der Waals surface area contributed by atoms with Gasteiger partial charge in [0.15, 0.2) is 11.0 Å². The molecule has 2 heterocycles. The van der Waals surface area contributed by atoms with Crippen molar-refractivity contribution < 1.29 is 0 Å². The molecule has 0 N–H and O–H groups in total. The number of nitrogens with zero attached hydrogens (tertiary/aromatic N) is 4. The average Bonchev–Trinajstić information content (AvgIpc) is 2.68. The van der Waals surface area contributed by atoms with Crippen LogP contribution in [0.1, 0.15) is 13.3 Å². The fraction of sp³-hybridized carbons (Fsp3) is 0.300. The van der Waals surface area contributed by atoms with Gasteiger partial charge in [-0.2, -0.15) is 0 Å². The van der Waals surface area contributed by atoms with E-state index in [1.54, 1.807) is 12.3 Å². The second-order valence-electron chi connectivity index (χ2n) is 3.19. The fourth-order valence-electron chi connectivity index (χ4n) is 1.40. The third-order valence-electron chi connectivity index (χ3n) is 2.04. The normalized spacial score (nSPS) is 10.5. The Bertz CT molecular complexity index is 435. The standard InChI is InChI=1S/C10H11ClN4/c1-2-6-15-7-5-12-10(15)8-3-4-9(11)14-13-8/h3-5,7H,2,6H2,1H3. The Hall–Kier alpha value is -1.42. The predicted octanol–water partition coefficient (Wildman–Crippen LogP) is 2.40. The Morgan fingerprint density at radius 2 is 2.20 bits per heavy atom. The number of imidazole rings is 1. The quantitative estimate of drug-likeness (QED) is 0.801. The molecule has 0 radical (unpaired) electrons. The minimum atomic E-state index is 0.396. The molecule has 15 heavy (non-hydrogen) atoms. The maximum absolute atomic E-state index is 5.67. The number of rotatable bonds is 3. The number of aromatic nitrogens is 4. The van der Waals surface area contributed by atoms with Crippen molar-refractivity contribution in [3.8, 4) is 11.5 Å². The van der Waals surface area contributed by atoms with E-state index in [1.807, 2.05) is 12.3 Å². The molecule has 0 aliphatic carbocycles. The Morgan fingerprint density at radius 1 is 1.33 bits per heavy atom.